The highest BCUT2D eigenvalue weighted by molar-refractivity contribution is 6.66. The minimum Gasteiger partial charge on any atom is -0.107 e. The van der Waals surface area contributed by atoms with Crippen molar-refractivity contribution < 1.29 is 0 Å². The molecule has 0 aromatic heterocycles. The van der Waals surface area contributed by atoms with Crippen LogP contribution < -0.4 is 0 Å². The van der Waals surface area contributed by atoms with Crippen LogP contribution in [0.3, 0.4) is 0 Å². The third kappa shape index (κ3) is 2.34. The van der Waals surface area contributed by atoms with E-state index < -0.39 is 0 Å². The van der Waals surface area contributed by atoms with E-state index in [1.54, 1.807) is 24.8 Å². The van der Waals surface area contributed by atoms with Crippen molar-refractivity contribution in [3.8, 4) is 0 Å². The van der Waals surface area contributed by atoms with E-state index >= 15 is 0 Å². The van der Waals surface area contributed by atoms with Gasteiger partial charge in [0.2, 0.25) is 0 Å². The molecular formula is C21H34Si. The number of fused-ring (bicyclic) bond motifs is 2. The van der Waals surface area contributed by atoms with Crippen molar-refractivity contribution in [2.75, 3.05) is 0 Å². The summed E-state index contributed by atoms with van der Waals surface area (Å²) in [6, 6.07) is 0. The first-order valence-corrected chi connectivity index (χ1v) is 12.2. The zero-order valence-corrected chi connectivity index (χ0v) is 15.7. The predicted molar refractivity (Wildman–Crippen MR) is 98.7 cm³/mol. The van der Waals surface area contributed by atoms with Crippen molar-refractivity contribution in [2.24, 2.45) is 35.5 Å². The van der Waals surface area contributed by atoms with Crippen LogP contribution in [0.4, 0.5) is 0 Å². The van der Waals surface area contributed by atoms with Crippen molar-refractivity contribution in [1.29, 1.82) is 0 Å². The van der Waals surface area contributed by atoms with E-state index in [1.165, 1.54) is 38.5 Å². The molecule has 0 aliphatic heterocycles. The largest absolute Gasteiger partial charge is 0.107 e. The maximum Gasteiger partial charge on any atom is 0.00533 e. The molecule has 0 bridgehead atoms. The lowest BCUT2D eigenvalue weighted by Crippen LogP contribution is -2.33. The molecule has 7 unspecified atom stereocenters. The zero-order chi connectivity index (χ0) is 15.3. The van der Waals surface area contributed by atoms with E-state index in [0.29, 0.717) is 0 Å². The molecule has 4 fully saturated rings. The van der Waals surface area contributed by atoms with Crippen LogP contribution >= 0.6 is 0 Å². The molecule has 0 spiro atoms. The summed E-state index contributed by atoms with van der Waals surface area (Å²) in [5.74, 6) is 6.17. The Balaban J connectivity index is 1.71. The summed E-state index contributed by atoms with van der Waals surface area (Å²) in [4.78, 5) is 0. The third-order valence-corrected chi connectivity index (χ3v) is 10.9. The molecule has 4 aliphatic rings. The van der Waals surface area contributed by atoms with Crippen LogP contribution in [0, 0.1) is 35.5 Å². The first-order chi connectivity index (χ1) is 10.7. The van der Waals surface area contributed by atoms with Gasteiger partial charge in [0.05, 0.1) is 0 Å². The summed E-state index contributed by atoms with van der Waals surface area (Å²) in [6.45, 7) is 9.57. The van der Waals surface area contributed by atoms with Crippen LogP contribution in [-0.4, -0.2) is 14.1 Å². The lowest BCUT2D eigenvalue weighted by Gasteiger charge is -2.40. The molecule has 0 heterocycles. The molecule has 0 aromatic rings. The summed E-state index contributed by atoms with van der Waals surface area (Å²) >= 11 is 0. The third-order valence-electron chi connectivity index (χ3n) is 8.16. The zero-order valence-electron chi connectivity index (χ0n) is 14.7. The Bertz CT molecular complexity index is 476. The van der Waals surface area contributed by atoms with Crippen molar-refractivity contribution in [3.05, 3.63) is 12.2 Å². The van der Waals surface area contributed by atoms with E-state index in [0.717, 1.165) is 41.0 Å². The number of hydrogen-bond acceptors (Lipinski definition) is 0. The van der Waals surface area contributed by atoms with Gasteiger partial charge in [0.25, 0.3) is 0 Å². The van der Waals surface area contributed by atoms with Gasteiger partial charge in [-0.25, -0.2) is 0 Å². The second-order valence-electron chi connectivity index (χ2n) is 8.89. The smallest absolute Gasteiger partial charge is 0.00533 e. The first-order valence-electron chi connectivity index (χ1n) is 10.0. The van der Waals surface area contributed by atoms with Crippen LogP contribution in [0.1, 0.15) is 64.7 Å². The molecule has 4 aliphatic carbocycles. The SMILES string of the molecule is C=C1CC2CCCCC2C2CC(/[Si](C)=C\C)C3CCCC1C23. The standard InChI is InChI=1S/C21H34Si/c1-4-22(3)20-13-19-17-9-6-5-8-15(17)12-14(2)16-10-7-11-18(20)21(16)19/h4,15-21H,2,5-13H2,1,3H3/b22-4-. The van der Waals surface area contributed by atoms with Crippen molar-refractivity contribution in [2.45, 2.75) is 76.8 Å². The molecule has 0 N–H and O–H groups in total. The maximum atomic E-state index is 4.64. The molecule has 4 rings (SSSR count). The van der Waals surface area contributed by atoms with Crippen LogP contribution in [-0.2, 0) is 0 Å². The Hall–Kier alpha value is -0.173. The number of hydrogen-bond donors (Lipinski definition) is 0. The normalized spacial score (nSPS) is 48.5. The van der Waals surface area contributed by atoms with Gasteiger partial charge in [-0.3, -0.25) is 0 Å². The highest BCUT2D eigenvalue weighted by Crippen LogP contribution is 2.63. The number of allylic oxidation sites excluding steroid dienone is 1. The van der Waals surface area contributed by atoms with E-state index in [4.69, 9.17) is 0 Å². The first kappa shape index (κ1) is 15.4. The molecule has 0 saturated heterocycles. The van der Waals surface area contributed by atoms with Crippen molar-refractivity contribution >= 4 is 14.1 Å². The molecule has 0 aromatic carbocycles. The molecule has 22 heavy (non-hydrogen) atoms. The van der Waals surface area contributed by atoms with E-state index in [2.05, 4.69) is 25.7 Å². The average molecular weight is 315 g/mol. The maximum absolute atomic E-state index is 4.64. The molecule has 0 amide bonds. The van der Waals surface area contributed by atoms with Gasteiger partial charge in [-0.2, -0.15) is 0 Å². The summed E-state index contributed by atoms with van der Waals surface area (Å²) in [7, 11) is -0.234. The molecule has 4 saturated carbocycles. The lowest BCUT2D eigenvalue weighted by molar-refractivity contribution is 0.102. The van der Waals surface area contributed by atoms with Gasteiger partial charge in [-0.15, -0.1) is 5.67 Å². The Morgan fingerprint density at radius 1 is 1.00 bits per heavy atom. The average Bonchev–Trinajstić information content (AvgIpc) is 2.88. The minimum absolute atomic E-state index is 0.234. The molecular weight excluding hydrogens is 280 g/mol. The van der Waals surface area contributed by atoms with Gasteiger partial charge >= 0.3 is 0 Å². The van der Waals surface area contributed by atoms with Gasteiger partial charge in [0.15, 0.2) is 0 Å². The molecule has 0 nitrogen and oxygen atoms in total. The van der Waals surface area contributed by atoms with Crippen molar-refractivity contribution in [3.63, 3.8) is 0 Å². The van der Waals surface area contributed by atoms with Gasteiger partial charge in [-0.05, 0) is 79.6 Å². The summed E-state index contributed by atoms with van der Waals surface area (Å²) in [6.07, 6.45) is 13.6. The Morgan fingerprint density at radius 3 is 2.59 bits per heavy atom. The minimum atomic E-state index is -0.234. The summed E-state index contributed by atoms with van der Waals surface area (Å²) in [5.41, 5.74) is 5.36. The van der Waals surface area contributed by atoms with E-state index in [-0.39, 0.29) is 8.41 Å². The van der Waals surface area contributed by atoms with Crippen LogP contribution in [0.5, 0.6) is 0 Å². The molecule has 7 atom stereocenters. The van der Waals surface area contributed by atoms with Crippen LogP contribution in [0.2, 0.25) is 12.1 Å². The molecule has 1 heteroatoms. The molecule has 122 valence electrons. The fourth-order valence-corrected chi connectivity index (χ4v) is 9.32. The number of rotatable bonds is 1. The fourth-order valence-electron chi connectivity index (χ4n) is 7.18. The Kier molecular flexibility index (Phi) is 4.21. The van der Waals surface area contributed by atoms with Crippen LogP contribution in [0.25, 0.3) is 0 Å². The second-order valence-corrected chi connectivity index (χ2v) is 11.7. The van der Waals surface area contributed by atoms with Gasteiger partial charge in [0, 0.05) is 8.41 Å². The highest BCUT2D eigenvalue weighted by atomic mass is 28.2. The van der Waals surface area contributed by atoms with Gasteiger partial charge in [0.1, 0.15) is 0 Å². The summed E-state index contributed by atoms with van der Waals surface area (Å²) < 4.78 is 0. The predicted octanol–water partition coefficient (Wildman–Crippen LogP) is 5.70. The fraction of sp³-hybridized carbons (Fsp3) is 0.857. The Morgan fingerprint density at radius 2 is 1.77 bits per heavy atom. The molecule has 0 radical (unpaired) electrons. The summed E-state index contributed by atoms with van der Waals surface area (Å²) in [5, 5.41) is 0. The van der Waals surface area contributed by atoms with E-state index in [9.17, 15) is 0 Å². The Labute approximate surface area is 139 Å². The van der Waals surface area contributed by atoms with Gasteiger partial charge in [-0.1, -0.05) is 44.9 Å². The topological polar surface area (TPSA) is 0 Å². The second kappa shape index (κ2) is 6.04. The monoisotopic (exact) mass is 314 g/mol. The quantitative estimate of drug-likeness (QED) is 0.430. The lowest BCUT2D eigenvalue weighted by atomic mass is 9.65. The highest BCUT2D eigenvalue weighted by Gasteiger charge is 2.54. The van der Waals surface area contributed by atoms with Crippen molar-refractivity contribution in [1.82, 2.24) is 0 Å². The van der Waals surface area contributed by atoms with Crippen LogP contribution in [0.15, 0.2) is 12.2 Å². The van der Waals surface area contributed by atoms with E-state index in [1.807, 2.05) is 0 Å². The van der Waals surface area contributed by atoms with Gasteiger partial charge < -0.3 is 0 Å².